The molecule has 1 heterocycles. The third kappa shape index (κ3) is 3.22. The molecule has 0 unspecified atom stereocenters. The molecule has 1 aromatic heterocycles. The number of methoxy groups -OCH3 is 1. The fourth-order valence-corrected chi connectivity index (χ4v) is 1.62. The van der Waals surface area contributed by atoms with Gasteiger partial charge in [0.25, 0.3) is 0 Å². The van der Waals surface area contributed by atoms with Crippen molar-refractivity contribution in [3.05, 3.63) is 52.4 Å². The first-order valence-electron chi connectivity index (χ1n) is 5.75. The van der Waals surface area contributed by atoms with E-state index in [1.807, 2.05) is 0 Å². The summed E-state index contributed by atoms with van der Waals surface area (Å²) in [7, 11) is 1.11. The van der Waals surface area contributed by atoms with Gasteiger partial charge in [-0.2, -0.15) is 13.9 Å². The minimum atomic E-state index is -3.01. The topological polar surface area (TPSA) is 70.4 Å². The molecule has 0 spiro atoms. The Labute approximate surface area is 117 Å². The molecule has 0 fully saturated rings. The van der Waals surface area contributed by atoms with Crippen molar-refractivity contribution in [2.45, 2.75) is 6.61 Å². The van der Waals surface area contributed by atoms with E-state index in [2.05, 4.69) is 14.6 Å². The van der Waals surface area contributed by atoms with E-state index in [1.54, 1.807) is 6.07 Å². The van der Waals surface area contributed by atoms with Crippen LogP contribution in [0.3, 0.4) is 0 Å². The molecule has 8 heteroatoms. The van der Waals surface area contributed by atoms with Gasteiger partial charge in [-0.1, -0.05) is 12.1 Å². The van der Waals surface area contributed by atoms with Crippen LogP contribution < -0.4 is 10.2 Å². The Balaban J connectivity index is 2.52. The first-order valence-corrected chi connectivity index (χ1v) is 5.75. The molecule has 0 radical (unpaired) electrons. The summed E-state index contributed by atoms with van der Waals surface area (Å²) in [5.74, 6) is -1.05. The van der Waals surface area contributed by atoms with E-state index in [1.165, 1.54) is 24.4 Å². The number of nitrogens with zero attached hydrogens (tertiary/aromatic N) is 2. The molecule has 1 aromatic carbocycles. The summed E-state index contributed by atoms with van der Waals surface area (Å²) in [6.07, 6.45) is 1.24. The van der Waals surface area contributed by atoms with Crippen molar-refractivity contribution >= 4 is 5.97 Å². The van der Waals surface area contributed by atoms with Gasteiger partial charge in [0.2, 0.25) is 11.1 Å². The van der Waals surface area contributed by atoms with Crippen molar-refractivity contribution in [3.8, 4) is 11.4 Å². The predicted octanol–water partition coefficient (Wildman–Crippen LogP) is 1.62. The van der Waals surface area contributed by atoms with E-state index in [0.717, 1.165) is 17.9 Å². The number of alkyl halides is 2. The van der Waals surface area contributed by atoms with Crippen molar-refractivity contribution in [2.24, 2.45) is 0 Å². The molecule has 110 valence electrons. The van der Waals surface area contributed by atoms with Crippen LogP contribution in [-0.4, -0.2) is 29.5 Å². The smallest absolute Gasteiger partial charge is 0.387 e. The molecule has 2 aromatic rings. The van der Waals surface area contributed by atoms with Gasteiger partial charge < -0.3 is 9.47 Å². The fraction of sp³-hybridized carbons (Fsp3) is 0.154. The van der Waals surface area contributed by atoms with Crippen molar-refractivity contribution in [3.63, 3.8) is 0 Å². The minimum Gasteiger partial charge on any atom is -0.464 e. The highest BCUT2D eigenvalue weighted by molar-refractivity contribution is 5.86. The van der Waals surface area contributed by atoms with Crippen LogP contribution in [0.1, 0.15) is 10.5 Å². The Kier molecular flexibility index (Phi) is 4.27. The van der Waals surface area contributed by atoms with Crippen molar-refractivity contribution in [2.75, 3.05) is 7.11 Å². The van der Waals surface area contributed by atoms with Crippen molar-refractivity contribution in [1.29, 1.82) is 0 Å². The van der Waals surface area contributed by atoms with Crippen LogP contribution in [0.2, 0.25) is 0 Å². The summed E-state index contributed by atoms with van der Waals surface area (Å²) in [6, 6.07) is 6.93. The molecular formula is C13H10F2N2O4. The first kappa shape index (κ1) is 14.6. The van der Waals surface area contributed by atoms with E-state index in [9.17, 15) is 18.4 Å². The summed E-state index contributed by atoms with van der Waals surface area (Å²) in [6.45, 7) is -3.01. The monoisotopic (exact) mass is 296 g/mol. The van der Waals surface area contributed by atoms with Gasteiger partial charge in [0, 0.05) is 12.3 Å². The molecule has 0 aliphatic carbocycles. The van der Waals surface area contributed by atoms with Crippen LogP contribution in [-0.2, 0) is 4.74 Å². The Morgan fingerprint density at radius 1 is 1.29 bits per heavy atom. The van der Waals surface area contributed by atoms with E-state index in [-0.39, 0.29) is 11.4 Å². The average molecular weight is 296 g/mol. The van der Waals surface area contributed by atoms with Gasteiger partial charge in [0.05, 0.1) is 7.11 Å². The predicted molar refractivity (Wildman–Crippen MR) is 67.8 cm³/mol. The van der Waals surface area contributed by atoms with Gasteiger partial charge >= 0.3 is 12.6 Å². The maximum absolute atomic E-state index is 12.4. The van der Waals surface area contributed by atoms with Gasteiger partial charge in [0.15, 0.2) is 5.75 Å². The lowest BCUT2D eigenvalue weighted by Gasteiger charge is -2.12. The lowest BCUT2D eigenvalue weighted by molar-refractivity contribution is -0.0499. The number of hydrogen-bond donors (Lipinski definition) is 0. The molecule has 0 saturated heterocycles. The van der Waals surface area contributed by atoms with Crippen LogP contribution in [0, 0.1) is 0 Å². The number of carbonyl (C=O) groups excluding carboxylic acids is 1. The fourth-order valence-electron chi connectivity index (χ4n) is 1.62. The van der Waals surface area contributed by atoms with Crippen LogP contribution in [0.4, 0.5) is 8.78 Å². The maximum Gasteiger partial charge on any atom is 0.387 e. The molecular weight excluding hydrogens is 286 g/mol. The normalized spacial score (nSPS) is 10.5. The molecule has 0 saturated carbocycles. The molecule has 0 atom stereocenters. The number of rotatable bonds is 4. The second-order valence-corrected chi connectivity index (χ2v) is 3.81. The highest BCUT2D eigenvalue weighted by atomic mass is 19.3. The first-order chi connectivity index (χ1) is 10.0. The minimum absolute atomic E-state index is 0.139. The van der Waals surface area contributed by atoms with Crippen LogP contribution in [0.25, 0.3) is 5.69 Å². The summed E-state index contributed by atoms with van der Waals surface area (Å²) < 4.78 is 34.6. The third-order valence-corrected chi connectivity index (χ3v) is 2.52. The second-order valence-electron chi connectivity index (χ2n) is 3.81. The second kappa shape index (κ2) is 6.12. The van der Waals surface area contributed by atoms with Gasteiger partial charge in [-0.15, -0.1) is 0 Å². The van der Waals surface area contributed by atoms with Gasteiger partial charge in [-0.25, -0.2) is 9.48 Å². The molecule has 21 heavy (non-hydrogen) atoms. The number of halogens is 2. The standard InChI is InChI=1S/C13H10F2N2O4/c1-20-12(19)11-9(18)6-7-17(16-11)8-4-2-3-5-10(8)21-13(14)15/h2-7,13H,1H3. The SMILES string of the molecule is COC(=O)c1nn(-c2ccccc2OC(F)F)ccc1=O. The zero-order valence-corrected chi connectivity index (χ0v) is 10.8. The number of ether oxygens (including phenoxy) is 2. The Bertz CT molecular complexity index is 715. The Morgan fingerprint density at radius 2 is 2.00 bits per heavy atom. The molecule has 0 N–H and O–H groups in total. The Hall–Kier alpha value is -2.77. The summed E-state index contributed by atoms with van der Waals surface area (Å²) >= 11 is 0. The summed E-state index contributed by atoms with van der Waals surface area (Å²) in [5, 5.41) is 3.79. The van der Waals surface area contributed by atoms with Crippen LogP contribution in [0.5, 0.6) is 5.75 Å². The number of carbonyl (C=O) groups is 1. The largest absolute Gasteiger partial charge is 0.464 e. The third-order valence-electron chi connectivity index (χ3n) is 2.52. The average Bonchev–Trinajstić information content (AvgIpc) is 2.47. The van der Waals surface area contributed by atoms with Gasteiger partial charge in [-0.3, -0.25) is 4.79 Å². The lowest BCUT2D eigenvalue weighted by atomic mass is 10.3. The molecule has 0 aliphatic heterocycles. The van der Waals surface area contributed by atoms with E-state index in [4.69, 9.17) is 0 Å². The maximum atomic E-state index is 12.4. The molecule has 2 rings (SSSR count). The molecule has 6 nitrogen and oxygen atoms in total. The zero-order chi connectivity index (χ0) is 15.4. The number of aromatic nitrogens is 2. The van der Waals surface area contributed by atoms with E-state index >= 15 is 0 Å². The van der Waals surface area contributed by atoms with Crippen molar-refractivity contribution < 1.29 is 23.0 Å². The number of hydrogen-bond acceptors (Lipinski definition) is 5. The van der Waals surface area contributed by atoms with Gasteiger partial charge in [-0.05, 0) is 12.1 Å². The van der Waals surface area contributed by atoms with Crippen LogP contribution >= 0.6 is 0 Å². The highest BCUT2D eigenvalue weighted by Crippen LogP contribution is 2.23. The molecule has 0 amide bonds. The highest BCUT2D eigenvalue weighted by Gasteiger charge is 2.16. The quantitative estimate of drug-likeness (QED) is 0.802. The number of benzene rings is 1. The number of para-hydroxylation sites is 2. The van der Waals surface area contributed by atoms with E-state index < -0.39 is 23.7 Å². The van der Waals surface area contributed by atoms with Crippen molar-refractivity contribution in [1.82, 2.24) is 9.78 Å². The zero-order valence-electron chi connectivity index (χ0n) is 10.8. The summed E-state index contributed by atoms with van der Waals surface area (Å²) in [4.78, 5) is 23.0. The molecule has 0 aliphatic rings. The lowest BCUT2D eigenvalue weighted by Crippen LogP contribution is -2.21. The summed E-state index contributed by atoms with van der Waals surface area (Å²) in [5.41, 5.74) is -0.930. The van der Waals surface area contributed by atoms with Gasteiger partial charge in [0.1, 0.15) is 5.69 Å². The molecule has 0 bridgehead atoms. The Morgan fingerprint density at radius 3 is 2.67 bits per heavy atom. The van der Waals surface area contributed by atoms with E-state index in [0.29, 0.717) is 0 Å². The number of esters is 1. The van der Waals surface area contributed by atoms with Crippen LogP contribution in [0.15, 0.2) is 41.3 Å².